The van der Waals surface area contributed by atoms with Crippen molar-refractivity contribution in [3.8, 4) is 16.9 Å². The molecule has 2 aromatic carbocycles. The second kappa shape index (κ2) is 6.54. The quantitative estimate of drug-likeness (QED) is 0.517. The first kappa shape index (κ1) is 15.1. The fourth-order valence-electron chi connectivity index (χ4n) is 2.61. The number of nitrogens with zero attached hydrogens (tertiary/aromatic N) is 1. The van der Waals surface area contributed by atoms with Crippen molar-refractivity contribution < 1.29 is 14.7 Å². The summed E-state index contributed by atoms with van der Waals surface area (Å²) in [4.78, 5) is 10.9. The summed E-state index contributed by atoms with van der Waals surface area (Å²) in [5.41, 5.74) is 7.32. The van der Waals surface area contributed by atoms with Crippen LogP contribution < -0.4 is 10.5 Å². The highest BCUT2D eigenvalue weighted by Gasteiger charge is 2.26. The first-order valence-corrected chi connectivity index (χ1v) is 7.41. The second-order valence-corrected chi connectivity index (χ2v) is 5.42. The predicted molar refractivity (Wildman–Crippen MR) is 87.0 cm³/mol. The highest BCUT2D eigenvalue weighted by atomic mass is 16.5. The fraction of sp³-hybridized carbons (Fsp3) is 0.167. The van der Waals surface area contributed by atoms with E-state index >= 15 is 0 Å². The molecule has 0 spiro atoms. The minimum absolute atomic E-state index is 0.198. The van der Waals surface area contributed by atoms with Gasteiger partial charge in [0, 0.05) is 6.42 Å². The molecule has 2 amide bonds. The van der Waals surface area contributed by atoms with Gasteiger partial charge in [-0.1, -0.05) is 48.5 Å². The van der Waals surface area contributed by atoms with Crippen molar-refractivity contribution in [2.75, 3.05) is 0 Å². The largest absolute Gasteiger partial charge is 0.486 e. The van der Waals surface area contributed by atoms with E-state index < -0.39 is 12.1 Å². The first-order chi connectivity index (χ1) is 11.1. The molecule has 0 radical (unpaired) electrons. The smallest absolute Gasteiger partial charge is 0.339 e. The SMILES string of the molecule is NC(=O)N(O)[C@H]1C=C[C@H](Oc2ccc(-c3ccccc3)cc2)C1. The molecular weight excluding hydrogens is 292 g/mol. The summed E-state index contributed by atoms with van der Waals surface area (Å²) < 4.78 is 5.85. The number of nitrogens with two attached hydrogens (primary N) is 1. The van der Waals surface area contributed by atoms with E-state index in [1.165, 1.54) is 0 Å². The van der Waals surface area contributed by atoms with E-state index in [1.807, 2.05) is 48.5 Å². The van der Waals surface area contributed by atoms with Crippen LogP contribution in [0.4, 0.5) is 4.79 Å². The number of amides is 2. The Kier molecular flexibility index (Phi) is 4.30. The van der Waals surface area contributed by atoms with E-state index in [4.69, 9.17) is 10.5 Å². The Balaban J connectivity index is 1.62. The van der Waals surface area contributed by atoms with Crippen LogP contribution >= 0.6 is 0 Å². The molecule has 3 rings (SSSR count). The minimum atomic E-state index is -0.868. The van der Waals surface area contributed by atoms with Gasteiger partial charge in [-0.3, -0.25) is 5.21 Å². The van der Waals surface area contributed by atoms with Crippen LogP contribution in [0, 0.1) is 0 Å². The van der Waals surface area contributed by atoms with Crippen LogP contribution in [0.1, 0.15) is 6.42 Å². The summed E-state index contributed by atoms with van der Waals surface area (Å²) in [6, 6.07) is 16.6. The molecule has 3 N–H and O–H groups in total. The molecule has 0 unspecified atom stereocenters. The summed E-state index contributed by atoms with van der Waals surface area (Å²) in [6.45, 7) is 0. The zero-order valence-electron chi connectivity index (χ0n) is 12.5. The minimum Gasteiger partial charge on any atom is -0.486 e. The van der Waals surface area contributed by atoms with Gasteiger partial charge < -0.3 is 10.5 Å². The highest BCUT2D eigenvalue weighted by molar-refractivity contribution is 5.71. The zero-order valence-corrected chi connectivity index (χ0v) is 12.5. The molecule has 5 heteroatoms. The average Bonchev–Trinajstić information content (AvgIpc) is 3.04. The number of hydrogen-bond acceptors (Lipinski definition) is 3. The van der Waals surface area contributed by atoms with Gasteiger partial charge in [0.25, 0.3) is 0 Å². The molecule has 2 aromatic rings. The third-order valence-corrected chi connectivity index (χ3v) is 3.81. The Morgan fingerprint density at radius 3 is 2.35 bits per heavy atom. The highest BCUT2D eigenvalue weighted by Crippen LogP contribution is 2.25. The van der Waals surface area contributed by atoms with Gasteiger partial charge in [-0.15, -0.1) is 0 Å². The Morgan fingerprint density at radius 1 is 1.04 bits per heavy atom. The maximum absolute atomic E-state index is 10.9. The zero-order chi connectivity index (χ0) is 16.2. The van der Waals surface area contributed by atoms with Gasteiger partial charge >= 0.3 is 6.03 Å². The first-order valence-electron chi connectivity index (χ1n) is 7.41. The van der Waals surface area contributed by atoms with E-state index in [-0.39, 0.29) is 6.10 Å². The molecule has 1 aliphatic rings. The van der Waals surface area contributed by atoms with E-state index in [9.17, 15) is 10.0 Å². The van der Waals surface area contributed by atoms with Crippen LogP contribution in [-0.2, 0) is 0 Å². The van der Waals surface area contributed by atoms with Crippen molar-refractivity contribution in [3.05, 3.63) is 66.7 Å². The molecule has 0 saturated carbocycles. The molecule has 0 bridgehead atoms. The van der Waals surface area contributed by atoms with E-state index in [0.717, 1.165) is 16.9 Å². The van der Waals surface area contributed by atoms with Crippen LogP contribution in [0.2, 0.25) is 0 Å². The molecular formula is C18H18N2O3. The number of carbonyl (C=O) groups is 1. The van der Waals surface area contributed by atoms with Crippen molar-refractivity contribution in [2.45, 2.75) is 18.6 Å². The molecule has 0 aromatic heterocycles. The van der Waals surface area contributed by atoms with E-state index in [0.29, 0.717) is 11.5 Å². The van der Waals surface area contributed by atoms with Gasteiger partial charge in [0.05, 0.1) is 6.04 Å². The lowest BCUT2D eigenvalue weighted by Crippen LogP contribution is -2.40. The Morgan fingerprint density at radius 2 is 1.70 bits per heavy atom. The summed E-state index contributed by atoms with van der Waals surface area (Å²) in [6.07, 6.45) is 3.81. The topological polar surface area (TPSA) is 75.8 Å². The lowest BCUT2D eigenvalue weighted by Gasteiger charge is -2.20. The van der Waals surface area contributed by atoms with E-state index in [1.54, 1.807) is 6.08 Å². The molecule has 0 heterocycles. The maximum atomic E-state index is 10.9. The van der Waals surface area contributed by atoms with Crippen LogP contribution in [0.15, 0.2) is 66.7 Å². The molecule has 5 nitrogen and oxygen atoms in total. The third kappa shape index (κ3) is 3.52. The standard InChI is InChI=1S/C18H18N2O3/c19-18(21)20(22)15-8-11-17(12-15)23-16-9-6-14(7-10-16)13-4-2-1-3-5-13/h1-11,15,17,22H,12H2,(H2,19,21)/t15-,17-/m0/s1. The molecule has 0 saturated heterocycles. The van der Waals surface area contributed by atoms with Gasteiger partial charge in [-0.2, -0.15) is 5.06 Å². The Labute approximate surface area is 134 Å². The predicted octanol–water partition coefficient (Wildman–Crippen LogP) is 3.20. The summed E-state index contributed by atoms with van der Waals surface area (Å²) in [7, 11) is 0. The van der Waals surface area contributed by atoms with Crippen molar-refractivity contribution in [2.24, 2.45) is 5.73 Å². The van der Waals surface area contributed by atoms with Crippen molar-refractivity contribution >= 4 is 6.03 Å². The van der Waals surface area contributed by atoms with Crippen LogP contribution in [-0.4, -0.2) is 28.4 Å². The number of hydroxylamine groups is 2. The lowest BCUT2D eigenvalue weighted by atomic mass is 10.1. The third-order valence-electron chi connectivity index (χ3n) is 3.81. The molecule has 2 atom stereocenters. The Hall–Kier alpha value is -2.79. The molecule has 0 fully saturated rings. The number of benzene rings is 2. The molecule has 1 aliphatic carbocycles. The number of rotatable bonds is 4. The van der Waals surface area contributed by atoms with E-state index in [2.05, 4.69) is 12.1 Å². The Bertz CT molecular complexity index is 698. The summed E-state index contributed by atoms with van der Waals surface area (Å²) in [5, 5.41) is 10.1. The number of hydrogen-bond donors (Lipinski definition) is 2. The summed E-state index contributed by atoms with van der Waals surface area (Å²) in [5.74, 6) is 0.739. The van der Waals surface area contributed by atoms with Crippen molar-refractivity contribution in [3.63, 3.8) is 0 Å². The monoisotopic (exact) mass is 310 g/mol. The normalized spacial score (nSPS) is 19.5. The van der Waals surface area contributed by atoms with Gasteiger partial charge in [-0.05, 0) is 29.3 Å². The average molecular weight is 310 g/mol. The second-order valence-electron chi connectivity index (χ2n) is 5.42. The van der Waals surface area contributed by atoms with Crippen LogP contribution in [0.3, 0.4) is 0 Å². The van der Waals surface area contributed by atoms with Gasteiger partial charge in [0.2, 0.25) is 0 Å². The van der Waals surface area contributed by atoms with Gasteiger partial charge in [0.1, 0.15) is 11.9 Å². The van der Waals surface area contributed by atoms with Crippen molar-refractivity contribution in [1.82, 2.24) is 5.06 Å². The molecule has 0 aliphatic heterocycles. The van der Waals surface area contributed by atoms with Crippen LogP contribution in [0.25, 0.3) is 11.1 Å². The van der Waals surface area contributed by atoms with Crippen LogP contribution in [0.5, 0.6) is 5.75 Å². The summed E-state index contributed by atoms with van der Waals surface area (Å²) >= 11 is 0. The lowest BCUT2D eigenvalue weighted by molar-refractivity contribution is -0.0645. The van der Waals surface area contributed by atoms with Gasteiger partial charge in [-0.25, -0.2) is 4.79 Å². The number of carbonyl (C=O) groups excluding carboxylic acids is 1. The maximum Gasteiger partial charge on any atom is 0.339 e. The number of urea groups is 1. The molecule has 23 heavy (non-hydrogen) atoms. The number of ether oxygens (including phenoxy) is 1. The molecule has 118 valence electrons. The van der Waals surface area contributed by atoms with Crippen molar-refractivity contribution in [1.29, 1.82) is 0 Å². The van der Waals surface area contributed by atoms with Gasteiger partial charge in [0.15, 0.2) is 0 Å². The fourth-order valence-corrected chi connectivity index (χ4v) is 2.61. The number of primary amides is 1.